The van der Waals surface area contributed by atoms with Gasteiger partial charge in [0.1, 0.15) is 11.3 Å². The van der Waals surface area contributed by atoms with E-state index in [0.29, 0.717) is 10.7 Å². The number of carbonyl (C=O) groups excluding carboxylic acids is 2. The number of hydrogen-bond acceptors (Lipinski definition) is 4. The summed E-state index contributed by atoms with van der Waals surface area (Å²) in [5.41, 5.74) is 1.40. The second-order valence-corrected chi connectivity index (χ2v) is 5.04. The fourth-order valence-corrected chi connectivity index (χ4v) is 2.04. The van der Waals surface area contributed by atoms with E-state index in [1.807, 2.05) is 0 Å². The largest absolute Gasteiger partial charge is 0.507 e. The van der Waals surface area contributed by atoms with Crippen LogP contribution in [0.4, 0.5) is 5.69 Å². The zero-order valence-corrected chi connectivity index (χ0v) is 12.6. The molecule has 0 unspecified atom stereocenters. The van der Waals surface area contributed by atoms with Crippen LogP contribution in [-0.4, -0.2) is 23.6 Å². The van der Waals surface area contributed by atoms with Gasteiger partial charge < -0.3 is 15.2 Å². The average Bonchev–Trinajstić information content (AvgIpc) is 2.48. The van der Waals surface area contributed by atoms with E-state index < -0.39 is 18.5 Å². The Kier molecular flexibility index (Phi) is 5.01. The Bertz CT molecular complexity index is 715. The molecule has 0 aliphatic rings. The van der Waals surface area contributed by atoms with Gasteiger partial charge in [-0.05, 0) is 42.8 Å². The number of anilines is 1. The molecule has 5 nitrogen and oxygen atoms in total. The number of hydrogen-bond donors (Lipinski definition) is 2. The molecule has 0 bridgehead atoms. The van der Waals surface area contributed by atoms with Crippen molar-refractivity contribution in [1.82, 2.24) is 0 Å². The van der Waals surface area contributed by atoms with Crippen LogP contribution in [0.2, 0.25) is 5.02 Å². The summed E-state index contributed by atoms with van der Waals surface area (Å²) < 4.78 is 4.87. The Morgan fingerprint density at radius 2 is 1.95 bits per heavy atom. The molecular weight excluding hydrogens is 306 g/mol. The first-order chi connectivity index (χ1) is 10.5. The number of nitrogens with one attached hydrogen (secondary N) is 1. The highest BCUT2D eigenvalue weighted by atomic mass is 35.5. The fraction of sp³-hybridized carbons (Fsp3) is 0.125. The number of rotatable bonds is 4. The molecule has 2 rings (SSSR count). The predicted octanol–water partition coefficient (Wildman–Crippen LogP) is 3.15. The summed E-state index contributed by atoms with van der Waals surface area (Å²) in [6, 6.07) is 11.0. The summed E-state index contributed by atoms with van der Waals surface area (Å²) in [4.78, 5) is 23.5. The molecule has 0 fully saturated rings. The second kappa shape index (κ2) is 6.95. The third-order valence-electron chi connectivity index (χ3n) is 2.92. The number of phenolic OH excluding ortho intramolecular Hbond substituents is 1. The Hall–Kier alpha value is -2.53. The van der Waals surface area contributed by atoms with Crippen molar-refractivity contribution in [3.05, 3.63) is 58.6 Å². The standard InChI is InChI=1S/C16H14ClNO4/c1-10-8-11(17)6-7-13(10)18-15(20)9-22-16(21)12-4-2-3-5-14(12)19/h2-8,19H,9H2,1H3,(H,18,20). The molecule has 0 aliphatic heterocycles. The van der Waals surface area contributed by atoms with Crippen molar-refractivity contribution >= 4 is 29.2 Å². The molecule has 0 spiro atoms. The SMILES string of the molecule is Cc1cc(Cl)ccc1NC(=O)COC(=O)c1ccccc1O. The number of amides is 1. The first-order valence-electron chi connectivity index (χ1n) is 6.48. The normalized spacial score (nSPS) is 10.1. The van der Waals surface area contributed by atoms with Crippen molar-refractivity contribution < 1.29 is 19.4 Å². The van der Waals surface area contributed by atoms with E-state index in [4.69, 9.17) is 16.3 Å². The highest BCUT2D eigenvalue weighted by molar-refractivity contribution is 6.30. The number of carbonyl (C=O) groups is 2. The van der Waals surface area contributed by atoms with Crippen LogP contribution in [0.15, 0.2) is 42.5 Å². The lowest BCUT2D eigenvalue weighted by molar-refractivity contribution is -0.119. The van der Waals surface area contributed by atoms with E-state index in [1.54, 1.807) is 37.3 Å². The molecule has 0 radical (unpaired) electrons. The number of esters is 1. The molecule has 2 N–H and O–H groups in total. The monoisotopic (exact) mass is 319 g/mol. The van der Waals surface area contributed by atoms with Crippen molar-refractivity contribution in [2.45, 2.75) is 6.92 Å². The van der Waals surface area contributed by atoms with Crippen molar-refractivity contribution in [3.63, 3.8) is 0 Å². The topological polar surface area (TPSA) is 75.6 Å². The molecule has 22 heavy (non-hydrogen) atoms. The Morgan fingerprint density at radius 1 is 1.23 bits per heavy atom. The molecule has 6 heteroatoms. The van der Waals surface area contributed by atoms with E-state index in [9.17, 15) is 14.7 Å². The zero-order valence-electron chi connectivity index (χ0n) is 11.8. The quantitative estimate of drug-likeness (QED) is 0.849. The van der Waals surface area contributed by atoms with Crippen LogP contribution in [-0.2, 0) is 9.53 Å². The molecule has 0 atom stereocenters. The predicted molar refractivity (Wildman–Crippen MR) is 83.2 cm³/mol. The minimum atomic E-state index is -0.763. The molecule has 0 saturated carbocycles. The lowest BCUT2D eigenvalue weighted by atomic mass is 10.2. The summed E-state index contributed by atoms with van der Waals surface area (Å²) >= 11 is 5.83. The average molecular weight is 320 g/mol. The van der Waals surface area contributed by atoms with Crippen LogP contribution >= 0.6 is 11.6 Å². The van der Waals surface area contributed by atoms with Crippen LogP contribution in [0.3, 0.4) is 0 Å². The Labute approximate surface area is 132 Å². The van der Waals surface area contributed by atoms with Gasteiger partial charge >= 0.3 is 5.97 Å². The van der Waals surface area contributed by atoms with E-state index in [2.05, 4.69) is 5.32 Å². The molecule has 0 heterocycles. The number of para-hydroxylation sites is 1. The maximum atomic E-state index is 11.8. The van der Waals surface area contributed by atoms with E-state index >= 15 is 0 Å². The van der Waals surface area contributed by atoms with Crippen LogP contribution in [0.25, 0.3) is 0 Å². The summed E-state index contributed by atoms with van der Waals surface area (Å²) in [7, 11) is 0. The minimum Gasteiger partial charge on any atom is -0.507 e. The Balaban J connectivity index is 1.93. The Morgan fingerprint density at radius 3 is 2.64 bits per heavy atom. The van der Waals surface area contributed by atoms with Crippen molar-refractivity contribution in [3.8, 4) is 5.75 Å². The molecule has 2 aromatic rings. The number of aromatic hydroxyl groups is 1. The van der Waals surface area contributed by atoms with Crippen LogP contribution < -0.4 is 5.32 Å². The zero-order chi connectivity index (χ0) is 16.1. The summed E-state index contributed by atoms with van der Waals surface area (Å²) in [5, 5.41) is 12.7. The number of benzene rings is 2. The van der Waals surface area contributed by atoms with Crippen molar-refractivity contribution in [1.29, 1.82) is 0 Å². The van der Waals surface area contributed by atoms with Crippen molar-refractivity contribution in [2.24, 2.45) is 0 Å². The minimum absolute atomic E-state index is 0.0120. The number of phenols is 1. The smallest absolute Gasteiger partial charge is 0.342 e. The van der Waals surface area contributed by atoms with Crippen LogP contribution in [0.1, 0.15) is 15.9 Å². The van der Waals surface area contributed by atoms with Gasteiger partial charge in [0.25, 0.3) is 5.91 Å². The fourth-order valence-electron chi connectivity index (χ4n) is 1.81. The summed E-state index contributed by atoms with van der Waals surface area (Å²) in [5.74, 6) is -1.43. The van der Waals surface area contributed by atoms with Crippen molar-refractivity contribution in [2.75, 3.05) is 11.9 Å². The van der Waals surface area contributed by atoms with E-state index in [1.165, 1.54) is 12.1 Å². The number of aryl methyl sites for hydroxylation is 1. The second-order valence-electron chi connectivity index (χ2n) is 4.60. The first-order valence-corrected chi connectivity index (χ1v) is 6.86. The number of ether oxygens (including phenoxy) is 1. The molecule has 0 aliphatic carbocycles. The molecule has 2 aromatic carbocycles. The lowest BCUT2D eigenvalue weighted by Crippen LogP contribution is -2.21. The molecule has 0 saturated heterocycles. The van der Waals surface area contributed by atoms with Gasteiger partial charge in [-0.25, -0.2) is 4.79 Å². The third-order valence-corrected chi connectivity index (χ3v) is 3.16. The lowest BCUT2D eigenvalue weighted by Gasteiger charge is -2.09. The highest BCUT2D eigenvalue weighted by Crippen LogP contribution is 2.20. The van der Waals surface area contributed by atoms with Gasteiger partial charge in [-0.1, -0.05) is 23.7 Å². The molecular formula is C16H14ClNO4. The molecule has 114 valence electrons. The van der Waals surface area contributed by atoms with Gasteiger partial charge in [-0.2, -0.15) is 0 Å². The first kappa shape index (κ1) is 15.9. The third kappa shape index (κ3) is 3.99. The van der Waals surface area contributed by atoms with Gasteiger partial charge in [0.2, 0.25) is 0 Å². The van der Waals surface area contributed by atoms with Crippen LogP contribution in [0, 0.1) is 6.92 Å². The van der Waals surface area contributed by atoms with Gasteiger partial charge in [0.15, 0.2) is 6.61 Å². The van der Waals surface area contributed by atoms with Crippen LogP contribution in [0.5, 0.6) is 5.75 Å². The maximum absolute atomic E-state index is 11.8. The highest BCUT2D eigenvalue weighted by Gasteiger charge is 2.14. The molecule has 0 aromatic heterocycles. The van der Waals surface area contributed by atoms with E-state index in [-0.39, 0.29) is 11.3 Å². The summed E-state index contributed by atoms with van der Waals surface area (Å²) in [6.45, 7) is 1.35. The van der Waals surface area contributed by atoms with Gasteiger partial charge in [0, 0.05) is 10.7 Å². The van der Waals surface area contributed by atoms with E-state index in [0.717, 1.165) is 5.56 Å². The van der Waals surface area contributed by atoms with Gasteiger partial charge in [-0.3, -0.25) is 4.79 Å². The van der Waals surface area contributed by atoms with Gasteiger partial charge in [0.05, 0.1) is 0 Å². The van der Waals surface area contributed by atoms with Gasteiger partial charge in [-0.15, -0.1) is 0 Å². The molecule has 1 amide bonds. The maximum Gasteiger partial charge on any atom is 0.342 e. The number of halogens is 1. The summed E-state index contributed by atoms with van der Waals surface area (Å²) in [6.07, 6.45) is 0.